The summed E-state index contributed by atoms with van der Waals surface area (Å²) in [4.78, 5) is 0. The molecular weight excluding hydrogens is 343 g/mol. The van der Waals surface area contributed by atoms with Crippen molar-refractivity contribution in [1.29, 1.82) is 0 Å². The molecule has 142 valence electrons. The summed E-state index contributed by atoms with van der Waals surface area (Å²) < 4.78 is 12.5. The number of rotatable bonds is 1. The maximum atomic E-state index is 6.27. The fourth-order valence-electron chi connectivity index (χ4n) is 4.44. The molecule has 0 bridgehead atoms. The first-order valence-corrected chi connectivity index (χ1v) is 10.2. The van der Waals surface area contributed by atoms with Crippen LogP contribution >= 0.6 is 0 Å². The first-order chi connectivity index (χ1) is 13.2. The van der Waals surface area contributed by atoms with Gasteiger partial charge in [0.05, 0.1) is 11.7 Å². The van der Waals surface area contributed by atoms with E-state index in [9.17, 15) is 0 Å². The van der Waals surface area contributed by atoms with E-state index in [1.165, 1.54) is 38.6 Å². The molecular formula is C25H27BO2. The summed E-state index contributed by atoms with van der Waals surface area (Å²) in [5.74, 6) is 0. The molecule has 1 heterocycles. The molecule has 0 radical (unpaired) electrons. The maximum absolute atomic E-state index is 6.27. The molecule has 0 aromatic heterocycles. The zero-order valence-electron chi connectivity index (χ0n) is 17.6. The van der Waals surface area contributed by atoms with E-state index < -0.39 is 0 Å². The van der Waals surface area contributed by atoms with Crippen LogP contribution in [0.2, 0.25) is 0 Å². The second kappa shape index (κ2) is 5.71. The Labute approximate surface area is 168 Å². The molecule has 1 aliphatic heterocycles. The van der Waals surface area contributed by atoms with Gasteiger partial charge in [0.1, 0.15) is 0 Å². The van der Waals surface area contributed by atoms with Crippen LogP contribution in [-0.4, -0.2) is 18.8 Å². The zero-order chi connectivity index (χ0) is 19.8. The van der Waals surface area contributed by atoms with E-state index in [1.807, 2.05) is 0 Å². The van der Waals surface area contributed by atoms with E-state index in [-0.39, 0.29) is 24.2 Å². The molecule has 1 atom stereocenters. The SMILES string of the molecule is CC1OB(c2ccc3c4c(cccc24)-c2cc(C(C)(C)C)ccc2-3)OC1(C)C. The van der Waals surface area contributed by atoms with E-state index >= 15 is 0 Å². The van der Waals surface area contributed by atoms with Crippen LogP contribution in [0.3, 0.4) is 0 Å². The van der Waals surface area contributed by atoms with Crippen LogP contribution in [0, 0.1) is 0 Å². The van der Waals surface area contributed by atoms with Crippen molar-refractivity contribution in [3.8, 4) is 22.3 Å². The predicted molar refractivity (Wildman–Crippen MR) is 118 cm³/mol. The summed E-state index contributed by atoms with van der Waals surface area (Å²) in [5, 5.41) is 2.56. The third-order valence-electron chi connectivity index (χ3n) is 6.51. The molecule has 3 aromatic rings. The monoisotopic (exact) mass is 370 g/mol. The minimum absolute atomic E-state index is 0.0621. The fourth-order valence-corrected chi connectivity index (χ4v) is 4.44. The van der Waals surface area contributed by atoms with Crippen LogP contribution < -0.4 is 5.46 Å². The molecule has 5 rings (SSSR count). The first kappa shape index (κ1) is 18.0. The Balaban J connectivity index is 1.70. The van der Waals surface area contributed by atoms with E-state index in [4.69, 9.17) is 9.31 Å². The zero-order valence-corrected chi connectivity index (χ0v) is 17.6. The molecule has 1 saturated heterocycles. The normalized spacial score (nSPS) is 20.1. The largest absolute Gasteiger partial charge is 0.495 e. The van der Waals surface area contributed by atoms with Crippen molar-refractivity contribution in [3.05, 3.63) is 54.1 Å². The van der Waals surface area contributed by atoms with E-state index in [1.54, 1.807) is 0 Å². The van der Waals surface area contributed by atoms with Gasteiger partial charge < -0.3 is 9.31 Å². The van der Waals surface area contributed by atoms with E-state index in [2.05, 4.69) is 90.1 Å². The third kappa shape index (κ3) is 2.49. The van der Waals surface area contributed by atoms with Gasteiger partial charge in [-0.3, -0.25) is 0 Å². The Bertz CT molecular complexity index is 1110. The number of benzene rings is 3. The predicted octanol–water partition coefficient (Wildman–Crippen LogP) is 5.69. The highest BCUT2D eigenvalue weighted by atomic mass is 16.7. The topological polar surface area (TPSA) is 18.5 Å². The maximum Gasteiger partial charge on any atom is 0.495 e. The molecule has 2 aliphatic rings. The summed E-state index contributed by atoms with van der Waals surface area (Å²) in [6.45, 7) is 13.1. The minimum Gasteiger partial charge on any atom is -0.402 e. The molecule has 0 N–H and O–H groups in total. The van der Waals surface area contributed by atoms with Gasteiger partial charge in [-0.15, -0.1) is 0 Å². The summed E-state index contributed by atoms with van der Waals surface area (Å²) in [6.07, 6.45) is 0.0621. The van der Waals surface area contributed by atoms with Crippen molar-refractivity contribution in [1.82, 2.24) is 0 Å². The lowest BCUT2D eigenvalue weighted by Crippen LogP contribution is -2.35. The summed E-state index contributed by atoms with van der Waals surface area (Å²) in [6, 6.07) is 18.0. The van der Waals surface area contributed by atoms with Gasteiger partial charge in [0.25, 0.3) is 0 Å². The van der Waals surface area contributed by atoms with Crippen LogP contribution in [0.15, 0.2) is 48.5 Å². The van der Waals surface area contributed by atoms with Crippen molar-refractivity contribution in [3.63, 3.8) is 0 Å². The van der Waals surface area contributed by atoms with Gasteiger partial charge in [-0.25, -0.2) is 0 Å². The molecule has 1 unspecified atom stereocenters. The van der Waals surface area contributed by atoms with Crippen molar-refractivity contribution in [2.75, 3.05) is 0 Å². The van der Waals surface area contributed by atoms with E-state index in [0.29, 0.717) is 0 Å². The molecule has 2 nitrogen and oxygen atoms in total. The molecule has 0 spiro atoms. The van der Waals surface area contributed by atoms with Gasteiger partial charge in [0.2, 0.25) is 0 Å². The van der Waals surface area contributed by atoms with Crippen LogP contribution in [0.1, 0.15) is 47.1 Å². The lowest BCUT2D eigenvalue weighted by atomic mass is 9.75. The molecule has 0 amide bonds. The average molecular weight is 370 g/mol. The molecule has 3 heteroatoms. The van der Waals surface area contributed by atoms with Gasteiger partial charge in [-0.1, -0.05) is 63.2 Å². The van der Waals surface area contributed by atoms with Crippen molar-refractivity contribution in [2.24, 2.45) is 0 Å². The van der Waals surface area contributed by atoms with Crippen LogP contribution in [0.5, 0.6) is 0 Å². The Morgan fingerprint density at radius 3 is 2.29 bits per heavy atom. The quantitative estimate of drug-likeness (QED) is 0.401. The van der Waals surface area contributed by atoms with Crippen LogP contribution in [-0.2, 0) is 14.7 Å². The summed E-state index contributed by atoms with van der Waals surface area (Å²) >= 11 is 0. The van der Waals surface area contributed by atoms with Gasteiger partial charge in [-0.2, -0.15) is 0 Å². The average Bonchev–Trinajstić information content (AvgIpc) is 3.10. The highest BCUT2D eigenvalue weighted by Gasteiger charge is 2.44. The summed E-state index contributed by atoms with van der Waals surface area (Å²) in [5.41, 5.74) is 7.65. The minimum atomic E-state index is -0.317. The van der Waals surface area contributed by atoms with Gasteiger partial charge in [0.15, 0.2) is 0 Å². The number of fused-ring (bicyclic) bond motifs is 3. The molecule has 0 saturated carbocycles. The number of hydrogen-bond acceptors (Lipinski definition) is 2. The lowest BCUT2D eigenvalue weighted by molar-refractivity contribution is 0.0842. The van der Waals surface area contributed by atoms with Gasteiger partial charge in [-0.05, 0) is 76.3 Å². The highest BCUT2D eigenvalue weighted by molar-refractivity contribution is 6.65. The van der Waals surface area contributed by atoms with Crippen molar-refractivity contribution < 1.29 is 9.31 Å². The smallest absolute Gasteiger partial charge is 0.402 e. The second-order valence-corrected chi connectivity index (χ2v) is 9.77. The molecule has 28 heavy (non-hydrogen) atoms. The highest BCUT2D eigenvalue weighted by Crippen LogP contribution is 2.48. The van der Waals surface area contributed by atoms with E-state index in [0.717, 1.165) is 5.46 Å². The standard InChI is InChI=1S/C25H27BO2/c1-15-25(5,6)28-26(27-15)22-13-12-19-17-11-10-16(24(2,3)4)14-21(17)18-8-7-9-20(22)23(18)19/h7-15H,1-6H3. The Morgan fingerprint density at radius 2 is 1.61 bits per heavy atom. The third-order valence-corrected chi connectivity index (χ3v) is 6.51. The second-order valence-electron chi connectivity index (χ2n) is 9.77. The lowest BCUT2D eigenvalue weighted by Gasteiger charge is -2.21. The van der Waals surface area contributed by atoms with Crippen LogP contribution in [0.4, 0.5) is 0 Å². The molecule has 1 aliphatic carbocycles. The van der Waals surface area contributed by atoms with Gasteiger partial charge >= 0.3 is 7.12 Å². The summed E-state index contributed by atoms with van der Waals surface area (Å²) in [7, 11) is -0.317. The number of hydrogen-bond donors (Lipinski definition) is 0. The molecule has 3 aromatic carbocycles. The molecule has 1 fully saturated rings. The fraction of sp³-hybridized carbons (Fsp3) is 0.360. The van der Waals surface area contributed by atoms with Crippen molar-refractivity contribution >= 4 is 23.4 Å². The van der Waals surface area contributed by atoms with Gasteiger partial charge in [0, 0.05) is 0 Å². The Hall–Kier alpha value is -2.10. The van der Waals surface area contributed by atoms with Crippen molar-refractivity contribution in [2.45, 2.75) is 58.7 Å². The Morgan fingerprint density at radius 1 is 0.893 bits per heavy atom. The first-order valence-electron chi connectivity index (χ1n) is 10.2. The van der Waals surface area contributed by atoms with Crippen LogP contribution in [0.25, 0.3) is 33.0 Å². The Kier molecular flexibility index (Phi) is 3.67.